The molecule has 1 aliphatic rings. The Balaban J connectivity index is 1.82. The number of nitrogens with zero attached hydrogens (tertiary/aromatic N) is 1. The lowest BCUT2D eigenvalue weighted by atomic mass is 9.95. The van der Waals surface area contributed by atoms with Crippen LogP contribution in [0.5, 0.6) is 0 Å². The average Bonchev–Trinajstić information content (AvgIpc) is 3.13. The summed E-state index contributed by atoms with van der Waals surface area (Å²) in [6.45, 7) is 3.29. The van der Waals surface area contributed by atoms with Crippen LogP contribution >= 0.6 is 0 Å². The predicted octanol–water partition coefficient (Wildman–Crippen LogP) is 3.75. The Kier molecular flexibility index (Phi) is 7.86. The van der Waals surface area contributed by atoms with Crippen LogP contribution in [0, 0.1) is 0 Å². The molecule has 0 aliphatic heterocycles. The van der Waals surface area contributed by atoms with Crippen molar-refractivity contribution < 1.29 is 14.0 Å². The molecule has 0 aromatic carbocycles. The normalized spacial score (nSPS) is 15.2. The van der Waals surface area contributed by atoms with Crippen molar-refractivity contribution in [3.63, 3.8) is 0 Å². The van der Waals surface area contributed by atoms with Crippen molar-refractivity contribution >= 4 is 11.8 Å². The van der Waals surface area contributed by atoms with Gasteiger partial charge in [-0.05, 0) is 25.3 Å². The monoisotopic (exact) mass is 334 g/mol. The van der Waals surface area contributed by atoms with Gasteiger partial charge in [0.05, 0.1) is 11.8 Å². The largest absolute Gasteiger partial charge is 0.472 e. The Morgan fingerprint density at radius 3 is 2.67 bits per heavy atom. The number of carbonyl (C=O) groups is 2. The molecule has 0 atom stereocenters. The van der Waals surface area contributed by atoms with Gasteiger partial charge in [-0.25, -0.2) is 0 Å². The van der Waals surface area contributed by atoms with Crippen LogP contribution < -0.4 is 5.32 Å². The SMILES string of the molecule is CCCCCN(CCC(=O)NC1CCCCC1)C(=O)c1ccoc1. The summed E-state index contributed by atoms with van der Waals surface area (Å²) in [5.41, 5.74) is 0.555. The van der Waals surface area contributed by atoms with Crippen molar-refractivity contribution in [2.75, 3.05) is 13.1 Å². The molecule has 2 amide bonds. The van der Waals surface area contributed by atoms with Crippen LogP contribution in [0.15, 0.2) is 23.0 Å². The van der Waals surface area contributed by atoms with E-state index in [1.54, 1.807) is 11.0 Å². The van der Waals surface area contributed by atoms with E-state index in [1.165, 1.54) is 31.8 Å². The summed E-state index contributed by atoms with van der Waals surface area (Å²) in [5.74, 6) is 0.00713. The van der Waals surface area contributed by atoms with Gasteiger partial charge < -0.3 is 14.6 Å². The van der Waals surface area contributed by atoms with Crippen molar-refractivity contribution in [3.8, 4) is 0 Å². The molecule has 5 nitrogen and oxygen atoms in total. The Labute approximate surface area is 144 Å². The number of hydrogen-bond donors (Lipinski definition) is 1. The number of carbonyl (C=O) groups excluding carboxylic acids is 2. The first-order valence-electron chi connectivity index (χ1n) is 9.31. The van der Waals surface area contributed by atoms with Crippen LogP contribution in [0.1, 0.15) is 75.1 Å². The first kappa shape index (κ1) is 18.6. The smallest absolute Gasteiger partial charge is 0.257 e. The van der Waals surface area contributed by atoms with Gasteiger partial charge >= 0.3 is 0 Å². The fourth-order valence-corrected chi connectivity index (χ4v) is 3.22. The second-order valence-corrected chi connectivity index (χ2v) is 6.66. The molecular formula is C19H30N2O3. The summed E-state index contributed by atoms with van der Waals surface area (Å²) in [7, 11) is 0. The van der Waals surface area contributed by atoms with Gasteiger partial charge in [-0.3, -0.25) is 9.59 Å². The van der Waals surface area contributed by atoms with Gasteiger partial charge in [0.15, 0.2) is 0 Å². The third kappa shape index (κ3) is 6.02. The summed E-state index contributed by atoms with van der Waals surface area (Å²) >= 11 is 0. The van der Waals surface area contributed by atoms with Gasteiger partial charge in [-0.1, -0.05) is 39.0 Å². The maximum absolute atomic E-state index is 12.5. The number of nitrogens with one attached hydrogen (secondary N) is 1. The van der Waals surface area contributed by atoms with Crippen molar-refractivity contribution in [2.24, 2.45) is 0 Å². The zero-order valence-electron chi connectivity index (χ0n) is 14.8. The van der Waals surface area contributed by atoms with Gasteiger partial charge in [0, 0.05) is 25.6 Å². The lowest BCUT2D eigenvalue weighted by Gasteiger charge is -2.25. The van der Waals surface area contributed by atoms with Crippen molar-refractivity contribution in [3.05, 3.63) is 24.2 Å². The molecule has 1 N–H and O–H groups in total. The highest BCUT2D eigenvalue weighted by molar-refractivity contribution is 5.94. The van der Waals surface area contributed by atoms with Crippen LogP contribution in [0.2, 0.25) is 0 Å². The minimum atomic E-state index is -0.0506. The molecule has 2 rings (SSSR count). The molecule has 134 valence electrons. The number of unbranched alkanes of at least 4 members (excludes halogenated alkanes) is 2. The average molecular weight is 334 g/mol. The topological polar surface area (TPSA) is 62.6 Å². The van der Waals surface area contributed by atoms with Crippen LogP contribution in [-0.4, -0.2) is 35.8 Å². The highest BCUT2D eigenvalue weighted by Crippen LogP contribution is 2.17. The summed E-state index contributed by atoms with van der Waals surface area (Å²) < 4.78 is 5.01. The predicted molar refractivity (Wildman–Crippen MR) is 93.8 cm³/mol. The van der Waals surface area contributed by atoms with E-state index in [1.807, 2.05) is 0 Å². The zero-order valence-corrected chi connectivity index (χ0v) is 14.8. The van der Waals surface area contributed by atoms with Gasteiger partial charge in [0.25, 0.3) is 5.91 Å². The summed E-state index contributed by atoms with van der Waals surface area (Å²) in [6, 6.07) is 2.00. The summed E-state index contributed by atoms with van der Waals surface area (Å²) in [6.07, 6.45) is 12.3. The van der Waals surface area contributed by atoms with Gasteiger partial charge in [-0.15, -0.1) is 0 Å². The quantitative estimate of drug-likeness (QED) is 0.700. The molecule has 1 aliphatic carbocycles. The van der Waals surface area contributed by atoms with E-state index in [2.05, 4.69) is 12.2 Å². The van der Waals surface area contributed by atoms with E-state index < -0.39 is 0 Å². The third-order valence-corrected chi connectivity index (χ3v) is 4.67. The van der Waals surface area contributed by atoms with E-state index in [0.29, 0.717) is 31.1 Å². The Bertz CT molecular complexity index is 493. The Hall–Kier alpha value is -1.78. The van der Waals surface area contributed by atoms with E-state index in [4.69, 9.17) is 4.42 Å². The van der Waals surface area contributed by atoms with E-state index >= 15 is 0 Å². The maximum atomic E-state index is 12.5. The lowest BCUT2D eigenvalue weighted by molar-refractivity contribution is -0.122. The molecule has 0 saturated heterocycles. The van der Waals surface area contributed by atoms with E-state index in [9.17, 15) is 9.59 Å². The first-order valence-corrected chi connectivity index (χ1v) is 9.31. The highest BCUT2D eigenvalue weighted by atomic mass is 16.3. The number of rotatable bonds is 9. The van der Waals surface area contributed by atoms with Gasteiger partial charge in [-0.2, -0.15) is 0 Å². The van der Waals surface area contributed by atoms with Crippen LogP contribution in [-0.2, 0) is 4.79 Å². The fraction of sp³-hybridized carbons (Fsp3) is 0.684. The van der Waals surface area contributed by atoms with Crippen LogP contribution in [0.3, 0.4) is 0 Å². The molecule has 1 aromatic rings. The first-order chi connectivity index (χ1) is 11.7. The molecule has 24 heavy (non-hydrogen) atoms. The highest BCUT2D eigenvalue weighted by Gasteiger charge is 2.19. The molecule has 1 saturated carbocycles. The minimum Gasteiger partial charge on any atom is -0.472 e. The minimum absolute atomic E-state index is 0.0506. The van der Waals surface area contributed by atoms with Crippen molar-refractivity contribution in [2.45, 2.75) is 70.8 Å². The number of amides is 2. The lowest BCUT2D eigenvalue weighted by Crippen LogP contribution is -2.39. The Morgan fingerprint density at radius 1 is 1.21 bits per heavy atom. The van der Waals surface area contributed by atoms with Crippen molar-refractivity contribution in [1.82, 2.24) is 10.2 Å². The molecule has 1 heterocycles. The molecule has 0 bridgehead atoms. The molecule has 1 fully saturated rings. The van der Waals surface area contributed by atoms with E-state index in [-0.39, 0.29) is 11.8 Å². The number of hydrogen-bond acceptors (Lipinski definition) is 3. The Morgan fingerprint density at radius 2 is 2.00 bits per heavy atom. The van der Waals surface area contributed by atoms with E-state index in [0.717, 1.165) is 32.1 Å². The van der Waals surface area contributed by atoms with Crippen LogP contribution in [0.25, 0.3) is 0 Å². The molecule has 5 heteroatoms. The second-order valence-electron chi connectivity index (χ2n) is 6.66. The molecule has 1 aromatic heterocycles. The molecule has 0 unspecified atom stereocenters. The molecule has 0 spiro atoms. The van der Waals surface area contributed by atoms with Crippen LogP contribution in [0.4, 0.5) is 0 Å². The van der Waals surface area contributed by atoms with Gasteiger partial charge in [0.1, 0.15) is 6.26 Å². The van der Waals surface area contributed by atoms with Gasteiger partial charge in [0.2, 0.25) is 5.91 Å². The summed E-state index contributed by atoms with van der Waals surface area (Å²) in [5, 5.41) is 3.12. The third-order valence-electron chi connectivity index (χ3n) is 4.67. The maximum Gasteiger partial charge on any atom is 0.257 e. The molecule has 0 radical (unpaired) electrons. The fourth-order valence-electron chi connectivity index (χ4n) is 3.22. The summed E-state index contributed by atoms with van der Waals surface area (Å²) in [4.78, 5) is 26.5. The standard InChI is InChI=1S/C19H30N2O3/c1-2-3-7-12-21(19(23)16-11-14-24-15-16)13-10-18(22)20-17-8-5-4-6-9-17/h11,14-15,17H,2-10,12-13H2,1H3,(H,20,22). The second kappa shape index (κ2) is 10.2. The molecular weight excluding hydrogens is 304 g/mol. The zero-order chi connectivity index (χ0) is 17.2. The number of furan rings is 1. The van der Waals surface area contributed by atoms with Crippen molar-refractivity contribution in [1.29, 1.82) is 0 Å².